The lowest BCUT2D eigenvalue weighted by Crippen LogP contribution is -2.70. The van der Waals surface area contributed by atoms with Crippen molar-refractivity contribution in [1.82, 2.24) is 5.32 Å². The van der Waals surface area contributed by atoms with E-state index in [-0.39, 0.29) is 23.7 Å². The number of benzene rings is 1. The van der Waals surface area contributed by atoms with Gasteiger partial charge in [-0.2, -0.15) is 0 Å². The van der Waals surface area contributed by atoms with Crippen molar-refractivity contribution < 1.29 is 63.7 Å². The maximum Gasteiger partial charge on any atom is 0.345 e. The molecule has 0 spiro atoms. The van der Waals surface area contributed by atoms with Crippen molar-refractivity contribution in [3.8, 4) is 11.5 Å². The number of carboxylic acids is 2. The van der Waals surface area contributed by atoms with Crippen LogP contribution in [0.15, 0.2) is 24.0 Å². The average molecular weight is 606 g/mol. The molecule has 0 aromatic heterocycles. The lowest BCUT2D eigenvalue weighted by molar-refractivity contribution is -0.172. The van der Waals surface area contributed by atoms with E-state index in [9.17, 15) is 44.4 Å². The Bertz CT molecular complexity index is 1370. The smallest absolute Gasteiger partial charge is 0.345 e. The summed E-state index contributed by atoms with van der Waals surface area (Å²) in [6, 6.07) is 2.84. The minimum absolute atomic E-state index is 0.0121. The van der Waals surface area contributed by atoms with Crippen LogP contribution in [-0.2, 0) is 45.3 Å². The number of ketones is 1. The molecule has 1 aromatic carbocycles. The van der Waals surface area contributed by atoms with Gasteiger partial charge in [0.2, 0.25) is 6.10 Å². The molecule has 7 atom stereocenters. The molecule has 1 heterocycles. The van der Waals surface area contributed by atoms with Crippen molar-refractivity contribution >= 4 is 29.7 Å². The fourth-order valence-corrected chi connectivity index (χ4v) is 6.58. The van der Waals surface area contributed by atoms with Gasteiger partial charge in [0.15, 0.2) is 23.4 Å². The zero-order chi connectivity index (χ0) is 31.9. The quantitative estimate of drug-likeness (QED) is 0.167. The maximum absolute atomic E-state index is 13.2. The highest BCUT2D eigenvalue weighted by Crippen LogP contribution is 2.63. The van der Waals surface area contributed by atoms with Crippen LogP contribution in [0.25, 0.3) is 0 Å². The zero-order valence-corrected chi connectivity index (χ0v) is 23.9. The molecular formula is C29H35NO13. The molecule has 0 fully saturated rings. The predicted octanol–water partition coefficient (Wildman–Crippen LogP) is 0.324. The fraction of sp³-hybridized carbons (Fsp3) is 0.552. The van der Waals surface area contributed by atoms with Crippen LogP contribution < -0.4 is 10.1 Å². The van der Waals surface area contributed by atoms with Crippen LogP contribution in [0.2, 0.25) is 0 Å². The van der Waals surface area contributed by atoms with Crippen LogP contribution in [0.5, 0.6) is 11.5 Å². The number of hydrogen-bond acceptors (Lipinski definition) is 12. The van der Waals surface area contributed by atoms with Gasteiger partial charge in [0.05, 0.1) is 29.8 Å². The summed E-state index contributed by atoms with van der Waals surface area (Å²) in [4.78, 5) is 60.8. The van der Waals surface area contributed by atoms with Gasteiger partial charge >= 0.3 is 23.9 Å². The van der Waals surface area contributed by atoms with Crippen molar-refractivity contribution in [2.45, 2.75) is 87.7 Å². The Morgan fingerprint density at radius 1 is 1.14 bits per heavy atom. The first-order chi connectivity index (χ1) is 20.2. The molecular weight excluding hydrogens is 570 g/mol. The minimum Gasteiger partial charge on any atom is -0.504 e. The Kier molecular flexibility index (Phi) is 8.86. The van der Waals surface area contributed by atoms with Crippen LogP contribution in [-0.4, -0.2) is 92.2 Å². The molecule has 14 heteroatoms. The van der Waals surface area contributed by atoms with E-state index in [1.165, 1.54) is 12.1 Å². The Balaban J connectivity index is 1.62. The Hall–Kier alpha value is -4.01. The van der Waals surface area contributed by atoms with Gasteiger partial charge in [0.25, 0.3) is 0 Å². The summed E-state index contributed by atoms with van der Waals surface area (Å²) in [7, 11) is 1.72. The first-order valence-electron chi connectivity index (χ1n) is 13.9. The van der Waals surface area contributed by atoms with E-state index in [0.717, 1.165) is 12.5 Å². The van der Waals surface area contributed by atoms with Gasteiger partial charge in [-0.05, 0) is 44.5 Å². The molecule has 0 saturated heterocycles. The van der Waals surface area contributed by atoms with Crippen molar-refractivity contribution in [1.29, 1.82) is 0 Å². The average Bonchev–Trinajstić information content (AvgIpc) is 3.31. The summed E-state index contributed by atoms with van der Waals surface area (Å²) in [5.41, 5.74) is -1.05. The third-order valence-corrected chi connectivity index (χ3v) is 8.69. The van der Waals surface area contributed by atoms with Gasteiger partial charge in [-0.3, -0.25) is 19.2 Å². The summed E-state index contributed by atoms with van der Waals surface area (Å²) in [5.74, 6) is -8.07. The van der Waals surface area contributed by atoms with Crippen LogP contribution in [0, 0.1) is 5.92 Å². The number of nitrogens with one attached hydrogen (secondary N) is 1. The lowest BCUT2D eigenvalue weighted by Gasteiger charge is -2.56. The Morgan fingerprint density at radius 2 is 1.84 bits per heavy atom. The number of aliphatic hydroxyl groups is 2. The zero-order valence-electron chi connectivity index (χ0n) is 23.9. The standard InChI is InChI=1S/C29H35NO13/c1-4-28-23-14-5-6-16(32)24(23)43-25(28)18(7-8-29(28,40)20(10-14)30-3)41-22(36)11-15(9-17(33)13(2)31)27(39)42-19(26(37)38)12-21(34)35/h5-7,13,15,19-20,25,30-32,40H,4,8-12H2,1-3H3,(H,34,35)(H,37,38)/t13-,15-,19-,20+,25-,28-,29+/m0/s1. The second-order valence-corrected chi connectivity index (χ2v) is 11.1. The largest absolute Gasteiger partial charge is 0.504 e. The number of aliphatic hydroxyl groups excluding tert-OH is 1. The van der Waals surface area contributed by atoms with Gasteiger partial charge in [-0.1, -0.05) is 13.0 Å². The number of Topliss-reactive ketones (excluding diaryl/α,β-unsaturated/α-hetero) is 1. The van der Waals surface area contributed by atoms with E-state index in [1.54, 1.807) is 13.1 Å². The second-order valence-electron chi connectivity index (χ2n) is 11.1. The Labute approximate surface area is 246 Å². The van der Waals surface area contributed by atoms with E-state index in [4.69, 9.17) is 19.3 Å². The first-order valence-corrected chi connectivity index (χ1v) is 13.9. The van der Waals surface area contributed by atoms with Crippen molar-refractivity contribution in [2.75, 3.05) is 7.05 Å². The first kappa shape index (κ1) is 31.9. The molecule has 6 N–H and O–H groups in total. The number of phenols is 1. The van der Waals surface area contributed by atoms with Gasteiger partial charge in [0.1, 0.15) is 11.9 Å². The van der Waals surface area contributed by atoms with E-state index in [2.05, 4.69) is 5.32 Å². The number of esters is 2. The highest BCUT2D eigenvalue weighted by molar-refractivity contribution is 5.90. The summed E-state index contributed by atoms with van der Waals surface area (Å²) in [6.07, 6.45) is -4.86. The molecule has 0 bridgehead atoms. The maximum atomic E-state index is 13.2. The normalized spacial score (nSPS) is 27.0. The molecule has 0 unspecified atom stereocenters. The molecule has 3 aliphatic rings. The highest BCUT2D eigenvalue weighted by atomic mass is 16.6. The number of aliphatic carboxylic acids is 2. The topological polar surface area (TPSA) is 226 Å². The SMILES string of the molecule is CC[C@]12c3c4ccc(O)c3O[C@H]1C(OC(=O)C[C@H](CC(=O)[C@H](C)O)C(=O)O[C@@H](CC(=O)O)C(=O)O)=CC[C@@]2(O)[C@H](NC)C4. The molecule has 43 heavy (non-hydrogen) atoms. The van der Waals surface area contributed by atoms with Crippen LogP contribution in [0.3, 0.4) is 0 Å². The summed E-state index contributed by atoms with van der Waals surface area (Å²) >= 11 is 0. The number of carbonyl (C=O) groups excluding carboxylic acids is 3. The Morgan fingerprint density at radius 3 is 2.42 bits per heavy atom. The molecule has 2 aliphatic carbocycles. The second kappa shape index (κ2) is 11.9. The van der Waals surface area contributed by atoms with Gasteiger partial charge in [-0.25, -0.2) is 4.79 Å². The van der Waals surface area contributed by atoms with Crippen molar-refractivity contribution in [3.05, 3.63) is 35.1 Å². The van der Waals surface area contributed by atoms with Crippen molar-refractivity contribution in [2.24, 2.45) is 5.92 Å². The molecule has 0 amide bonds. The van der Waals surface area contributed by atoms with Gasteiger partial charge in [-0.15, -0.1) is 0 Å². The van der Waals surface area contributed by atoms with Gasteiger partial charge in [0, 0.05) is 24.4 Å². The molecule has 1 aromatic rings. The molecule has 4 rings (SSSR count). The summed E-state index contributed by atoms with van der Waals surface area (Å²) in [5, 5.41) is 53.8. The van der Waals surface area contributed by atoms with E-state index >= 15 is 0 Å². The van der Waals surface area contributed by atoms with Crippen LogP contribution >= 0.6 is 0 Å². The molecule has 0 radical (unpaired) electrons. The third kappa shape index (κ3) is 5.45. The van der Waals surface area contributed by atoms with E-state index < -0.39 is 90.2 Å². The van der Waals surface area contributed by atoms with Crippen LogP contribution in [0.4, 0.5) is 0 Å². The molecule has 1 aliphatic heterocycles. The number of phenolic OH excluding ortho intramolecular Hbond substituents is 1. The number of ether oxygens (including phenoxy) is 3. The van der Waals surface area contributed by atoms with E-state index in [0.29, 0.717) is 18.4 Å². The van der Waals surface area contributed by atoms with Crippen molar-refractivity contribution in [3.63, 3.8) is 0 Å². The van der Waals surface area contributed by atoms with Gasteiger partial charge < -0.3 is 45.1 Å². The third-order valence-electron chi connectivity index (χ3n) is 8.69. The monoisotopic (exact) mass is 605 g/mol. The number of rotatable bonds is 13. The predicted molar refractivity (Wildman–Crippen MR) is 144 cm³/mol. The molecule has 234 valence electrons. The van der Waals surface area contributed by atoms with Crippen LogP contribution in [0.1, 0.15) is 57.1 Å². The number of hydrogen-bond donors (Lipinski definition) is 6. The fourth-order valence-electron chi connectivity index (χ4n) is 6.58. The number of likely N-dealkylation sites (N-methyl/N-ethyl adjacent to an activating group) is 1. The lowest BCUT2D eigenvalue weighted by atomic mass is 9.52. The highest BCUT2D eigenvalue weighted by Gasteiger charge is 2.69. The van der Waals surface area contributed by atoms with E-state index in [1.807, 2.05) is 6.92 Å². The molecule has 14 nitrogen and oxygen atoms in total. The summed E-state index contributed by atoms with van der Waals surface area (Å²) < 4.78 is 16.7. The molecule has 0 saturated carbocycles. The number of carboxylic acid groups (broad SMARTS) is 2. The number of aromatic hydroxyl groups is 1. The minimum atomic E-state index is -2.08. The number of carbonyl (C=O) groups is 5. The summed E-state index contributed by atoms with van der Waals surface area (Å²) in [6.45, 7) is 2.99.